The Bertz CT molecular complexity index is 572. The average Bonchev–Trinajstić information content (AvgIpc) is 2.37. The molecule has 1 aromatic rings. The zero-order valence-corrected chi connectivity index (χ0v) is 14.3. The zero-order chi connectivity index (χ0) is 14.8. The number of non-ortho nitro benzene ring substituents is 1. The minimum Gasteiger partial charge on any atom is -0.385 e. The van der Waals surface area contributed by atoms with Crippen molar-refractivity contribution in [1.29, 1.82) is 0 Å². The van der Waals surface area contributed by atoms with Gasteiger partial charge in [0.2, 0.25) is 1.66 Å². The molecule has 0 unspecified atom stereocenters. The second-order valence-corrected chi connectivity index (χ2v) is 11.9. The third-order valence-electron chi connectivity index (χ3n) is 2.53. The Morgan fingerprint density at radius 3 is 2.32 bits per heavy atom. The highest BCUT2D eigenvalue weighted by Crippen LogP contribution is 2.45. The number of hydrogen-bond donors (Lipinski definition) is 1. The number of aliphatic hydroxyl groups excluding tert-OH is 1. The molecule has 0 spiro atoms. The molecule has 1 rings (SSSR count). The lowest BCUT2D eigenvalue weighted by Gasteiger charge is -2.26. The molecule has 0 aliphatic heterocycles. The minimum atomic E-state index is -3.55. The van der Waals surface area contributed by atoms with Gasteiger partial charge in [-0.15, -0.1) is 0 Å². The molecular formula is C10H11BrINO5S. The van der Waals surface area contributed by atoms with E-state index in [-0.39, 0.29) is 17.0 Å². The summed E-state index contributed by atoms with van der Waals surface area (Å²) in [6.45, 7) is 1.48. The van der Waals surface area contributed by atoms with Gasteiger partial charge >= 0.3 is 0 Å². The van der Waals surface area contributed by atoms with Crippen LogP contribution in [-0.2, 0) is 9.84 Å². The average molecular weight is 464 g/mol. The Kier molecular flexibility index (Phi) is 5.32. The molecule has 6 nitrogen and oxygen atoms in total. The van der Waals surface area contributed by atoms with Crippen LogP contribution in [0.4, 0.5) is 5.69 Å². The number of nitrogens with zero attached hydrogens (tertiary/aromatic N) is 1. The molecule has 0 saturated heterocycles. The largest absolute Gasteiger partial charge is 0.385 e. The minimum absolute atomic E-state index is 0.122. The van der Waals surface area contributed by atoms with Gasteiger partial charge in [-0.1, -0.05) is 22.9 Å². The van der Waals surface area contributed by atoms with Crippen molar-refractivity contribution in [2.75, 3.05) is 5.75 Å². The van der Waals surface area contributed by atoms with Crippen LogP contribution in [0.5, 0.6) is 0 Å². The standard InChI is InChI=1S/C10H11BrINO5S/c1-2-19(17,18)10(11,12)9(14)7-3-5-8(6-4-7)13(15)16/h3-6,9,14H,2H2,1H3/t9-,10-/m0/s1. The Balaban J connectivity index is 3.13. The summed E-state index contributed by atoms with van der Waals surface area (Å²) in [6.07, 6.45) is -1.33. The van der Waals surface area contributed by atoms with Crippen LogP contribution in [0.15, 0.2) is 24.3 Å². The number of hydrogen-bond acceptors (Lipinski definition) is 5. The second-order valence-electron chi connectivity index (χ2n) is 3.72. The van der Waals surface area contributed by atoms with Gasteiger partial charge in [-0.05, 0) is 40.3 Å². The molecule has 0 saturated carbocycles. The first-order chi connectivity index (χ1) is 8.63. The van der Waals surface area contributed by atoms with E-state index in [2.05, 4.69) is 15.9 Å². The van der Waals surface area contributed by atoms with E-state index in [1.165, 1.54) is 31.2 Å². The number of halogens is 2. The normalized spacial score (nSPS) is 16.6. The number of sulfone groups is 1. The fourth-order valence-corrected chi connectivity index (χ4v) is 4.44. The van der Waals surface area contributed by atoms with Gasteiger partial charge in [0.1, 0.15) is 6.10 Å². The zero-order valence-electron chi connectivity index (χ0n) is 9.79. The summed E-state index contributed by atoms with van der Waals surface area (Å²) in [4.78, 5) is 9.96. The van der Waals surface area contributed by atoms with Crippen molar-refractivity contribution in [3.8, 4) is 0 Å². The maximum Gasteiger partial charge on any atom is 0.269 e. The molecule has 0 bridgehead atoms. The molecule has 0 amide bonds. The Labute approximate surface area is 132 Å². The van der Waals surface area contributed by atoms with E-state index in [0.717, 1.165) is 0 Å². The van der Waals surface area contributed by atoms with Crippen molar-refractivity contribution in [1.82, 2.24) is 0 Å². The first-order valence-corrected chi connectivity index (χ1v) is 8.68. The highest BCUT2D eigenvalue weighted by atomic mass is 127. The Hall–Kier alpha value is -0.260. The molecule has 9 heteroatoms. The Morgan fingerprint density at radius 1 is 1.47 bits per heavy atom. The summed E-state index contributed by atoms with van der Waals surface area (Å²) in [6, 6.07) is 5.11. The lowest BCUT2D eigenvalue weighted by Crippen LogP contribution is -2.33. The van der Waals surface area contributed by atoms with Crippen molar-refractivity contribution in [2.45, 2.75) is 14.7 Å². The topological polar surface area (TPSA) is 97.5 Å². The van der Waals surface area contributed by atoms with Crippen molar-refractivity contribution in [3.63, 3.8) is 0 Å². The number of benzene rings is 1. The SMILES string of the molecule is CCS(=O)(=O)[C@@](Br)(I)[C@@H](O)c1ccc([N+](=O)[O-])cc1. The van der Waals surface area contributed by atoms with E-state index in [1.807, 2.05) is 0 Å². The van der Waals surface area contributed by atoms with Crippen LogP contribution in [0.3, 0.4) is 0 Å². The first-order valence-electron chi connectivity index (χ1n) is 5.16. The predicted octanol–water partition coefficient (Wildman–Crippen LogP) is 2.55. The molecule has 19 heavy (non-hydrogen) atoms. The van der Waals surface area contributed by atoms with Crippen LogP contribution in [0.1, 0.15) is 18.6 Å². The van der Waals surface area contributed by atoms with Gasteiger partial charge in [0.25, 0.3) is 5.69 Å². The van der Waals surface area contributed by atoms with Gasteiger partial charge in [-0.2, -0.15) is 0 Å². The predicted molar refractivity (Wildman–Crippen MR) is 83.2 cm³/mol. The van der Waals surface area contributed by atoms with E-state index in [9.17, 15) is 23.6 Å². The fourth-order valence-electron chi connectivity index (χ4n) is 1.33. The van der Waals surface area contributed by atoms with Gasteiger partial charge in [0, 0.05) is 17.9 Å². The second kappa shape index (κ2) is 6.02. The van der Waals surface area contributed by atoms with Crippen LogP contribution >= 0.6 is 38.5 Å². The Morgan fingerprint density at radius 2 is 1.95 bits per heavy atom. The van der Waals surface area contributed by atoms with Crippen LogP contribution < -0.4 is 0 Å². The van der Waals surface area contributed by atoms with E-state index < -0.39 is 22.5 Å². The van der Waals surface area contributed by atoms with Gasteiger partial charge in [0.15, 0.2) is 9.84 Å². The molecule has 0 aliphatic carbocycles. The third kappa shape index (κ3) is 3.44. The van der Waals surface area contributed by atoms with E-state index in [0.29, 0.717) is 0 Å². The molecule has 0 heterocycles. The number of nitro benzene ring substituents is 1. The quantitative estimate of drug-likeness (QED) is 0.313. The number of alkyl halides is 2. The molecule has 106 valence electrons. The van der Waals surface area contributed by atoms with Crippen LogP contribution in [0, 0.1) is 10.1 Å². The molecule has 0 radical (unpaired) electrons. The van der Waals surface area contributed by atoms with E-state index >= 15 is 0 Å². The number of aliphatic hydroxyl groups is 1. The van der Waals surface area contributed by atoms with E-state index in [4.69, 9.17) is 0 Å². The maximum atomic E-state index is 11.9. The third-order valence-corrected chi connectivity index (χ3v) is 8.86. The van der Waals surface area contributed by atoms with Crippen molar-refractivity contribution in [2.24, 2.45) is 0 Å². The van der Waals surface area contributed by atoms with E-state index in [1.54, 1.807) is 22.6 Å². The lowest BCUT2D eigenvalue weighted by molar-refractivity contribution is -0.384. The highest BCUT2D eigenvalue weighted by Gasteiger charge is 2.45. The molecule has 2 atom stereocenters. The van der Waals surface area contributed by atoms with Crippen molar-refractivity contribution < 1.29 is 18.4 Å². The summed E-state index contributed by atoms with van der Waals surface area (Å²) in [5.41, 5.74) is 0.164. The smallest absolute Gasteiger partial charge is 0.269 e. The van der Waals surface area contributed by atoms with Gasteiger partial charge in [-0.3, -0.25) is 10.1 Å². The van der Waals surface area contributed by atoms with Gasteiger partial charge in [-0.25, -0.2) is 8.42 Å². The van der Waals surface area contributed by atoms with Crippen LogP contribution in [-0.4, -0.2) is 25.9 Å². The molecule has 1 aromatic carbocycles. The fraction of sp³-hybridized carbons (Fsp3) is 0.400. The molecule has 0 aliphatic rings. The molecule has 1 N–H and O–H groups in total. The molecule has 0 fully saturated rings. The van der Waals surface area contributed by atoms with Crippen molar-refractivity contribution >= 4 is 54.0 Å². The van der Waals surface area contributed by atoms with Crippen molar-refractivity contribution in [3.05, 3.63) is 39.9 Å². The summed E-state index contributed by atoms with van der Waals surface area (Å²) in [7, 11) is -3.55. The summed E-state index contributed by atoms with van der Waals surface area (Å²) in [5, 5.41) is 20.7. The molecular weight excluding hydrogens is 453 g/mol. The maximum absolute atomic E-state index is 11.9. The summed E-state index contributed by atoms with van der Waals surface area (Å²) >= 11 is 4.64. The first kappa shape index (κ1) is 16.8. The van der Waals surface area contributed by atoms with Gasteiger partial charge in [0.05, 0.1) is 4.92 Å². The highest BCUT2D eigenvalue weighted by molar-refractivity contribution is 14.1. The van der Waals surface area contributed by atoms with Gasteiger partial charge < -0.3 is 5.11 Å². The lowest BCUT2D eigenvalue weighted by atomic mass is 10.1. The summed E-state index contributed by atoms with van der Waals surface area (Å²) < 4.78 is 22.2. The van der Waals surface area contributed by atoms with Crippen LogP contribution in [0.25, 0.3) is 0 Å². The molecule has 0 aromatic heterocycles. The van der Waals surface area contributed by atoms with Crippen LogP contribution in [0.2, 0.25) is 0 Å². The monoisotopic (exact) mass is 463 g/mol. The number of rotatable bonds is 5. The number of nitro groups is 1. The summed E-state index contributed by atoms with van der Waals surface area (Å²) in [5.74, 6) is -0.134.